The average molecular weight is 286 g/mol. The second-order valence-electron chi connectivity index (χ2n) is 4.57. The summed E-state index contributed by atoms with van der Waals surface area (Å²) in [7, 11) is 0. The first-order valence-corrected chi connectivity index (χ1v) is 7.28. The molecule has 1 aromatic rings. The highest BCUT2D eigenvalue weighted by atomic mass is 35.5. The van der Waals surface area contributed by atoms with Gasteiger partial charge in [-0.2, -0.15) is 0 Å². The minimum absolute atomic E-state index is 0.672. The van der Waals surface area contributed by atoms with Gasteiger partial charge < -0.3 is 15.2 Å². The third-order valence-corrected chi connectivity index (χ3v) is 3.06. The van der Waals surface area contributed by atoms with Crippen molar-refractivity contribution in [2.75, 3.05) is 26.4 Å². The van der Waals surface area contributed by atoms with Crippen molar-refractivity contribution >= 4 is 11.6 Å². The number of halogens is 1. The molecular formula is C15H24ClNO2. The Morgan fingerprint density at radius 2 is 1.84 bits per heavy atom. The molecule has 3 nitrogen and oxygen atoms in total. The van der Waals surface area contributed by atoms with Gasteiger partial charge in [-0.25, -0.2) is 0 Å². The zero-order chi connectivity index (χ0) is 13.9. The average Bonchev–Trinajstić information content (AvgIpc) is 2.39. The van der Waals surface area contributed by atoms with Gasteiger partial charge in [0.1, 0.15) is 5.75 Å². The molecule has 1 aromatic carbocycles. The van der Waals surface area contributed by atoms with Crippen LogP contribution in [0.2, 0.25) is 5.02 Å². The Labute approximate surface area is 121 Å². The van der Waals surface area contributed by atoms with Crippen LogP contribution in [-0.4, -0.2) is 26.4 Å². The molecule has 0 saturated heterocycles. The molecule has 0 fully saturated rings. The van der Waals surface area contributed by atoms with Crippen molar-refractivity contribution in [3.63, 3.8) is 0 Å². The van der Waals surface area contributed by atoms with Crippen molar-refractivity contribution in [2.45, 2.75) is 32.6 Å². The quantitative estimate of drug-likeness (QED) is 0.669. The van der Waals surface area contributed by atoms with Crippen LogP contribution in [0.5, 0.6) is 5.75 Å². The highest BCUT2D eigenvalue weighted by Gasteiger charge is 2.00. The predicted molar refractivity (Wildman–Crippen MR) is 80.0 cm³/mol. The Morgan fingerprint density at radius 1 is 1.05 bits per heavy atom. The second-order valence-corrected chi connectivity index (χ2v) is 5.01. The molecular weight excluding hydrogens is 262 g/mol. The van der Waals surface area contributed by atoms with Crippen LogP contribution in [0.1, 0.15) is 31.2 Å². The summed E-state index contributed by atoms with van der Waals surface area (Å²) in [6.45, 7) is 5.00. The summed E-state index contributed by atoms with van der Waals surface area (Å²) >= 11 is 5.89. The largest absolute Gasteiger partial charge is 0.493 e. The number of nitrogens with two attached hydrogens (primary N) is 1. The topological polar surface area (TPSA) is 44.5 Å². The monoisotopic (exact) mass is 285 g/mol. The standard InChI is InChI=1S/C15H24ClNO2/c1-13-12-14(16)6-7-15(13)19-11-5-10-18-9-4-2-3-8-17/h6-7,12H,2-5,8-11,17H2,1H3. The maximum Gasteiger partial charge on any atom is 0.122 e. The summed E-state index contributed by atoms with van der Waals surface area (Å²) < 4.78 is 11.2. The van der Waals surface area contributed by atoms with Gasteiger partial charge in [0.15, 0.2) is 0 Å². The molecule has 0 spiro atoms. The van der Waals surface area contributed by atoms with Crippen LogP contribution in [0.15, 0.2) is 18.2 Å². The van der Waals surface area contributed by atoms with Crippen LogP contribution in [0.4, 0.5) is 0 Å². The minimum Gasteiger partial charge on any atom is -0.493 e. The van der Waals surface area contributed by atoms with Crippen LogP contribution >= 0.6 is 11.6 Å². The molecule has 0 radical (unpaired) electrons. The van der Waals surface area contributed by atoms with Crippen LogP contribution in [0.25, 0.3) is 0 Å². The van der Waals surface area contributed by atoms with E-state index in [1.54, 1.807) is 0 Å². The van der Waals surface area contributed by atoms with Gasteiger partial charge in [-0.1, -0.05) is 11.6 Å². The van der Waals surface area contributed by atoms with E-state index in [1.807, 2.05) is 25.1 Å². The van der Waals surface area contributed by atoms with Gasteiger partial charge in [0.05, 0.1) is 6.61 Å². The zero-order valence-corrected chi connectivity index (χ0v) is 12.4. The normalized spacial score (nSPS) is 10.7. The van der Waals surface area contributed by atoms with Crippen LogP contribution in [0.3, 0.4) is 0 Å². The lowest BCUT2D eigenvalue weighted by atomic mass is 10.2. The number of unbranched alkanes of at least 4 members (excludes halogenated alkanes) is 2. The first kappa shape index (κ1) is 16.3. The fraction of sp³-hybridized carbons (Fsp3) is 0.600. The van der Waals surface area contributed by atoms with Gasteiger partial charge in [0.25, 0.3) is 0 Å². The Morgan fingerprint density at radius 3 is 2.58 bits per heavy atom. The molecule has 0 heterocycles. The zero-order valence-electron chi connectivity index (χ0n) is 11.7. The van der Waals surface area contributed by atoms with Crippen molar-refractivity contribution in [2.24, 2.45) is 5.73 Å². The summed E-state index contributed by atoms with van der Waals surface area (Å²) in [5.41, 5.74) is 6.49. The number of aryl methyl sites for hydroxylation is 1. The smallest absolute Gasteiger partial charge is 0.122 e. The van der Waals surface area contributed by atoms with E-state index in [9.17, 15) is 0 Å². The number of benzene rings is 1. The lowest BCUT2D eigenvalue weighted by molar-refractivity contribution is 0.116. The Hall–Kier alpha value is -0.770. The summed E-state index contributed by atoms with van der Waals surface area (Å²) in [5.74, 6) is 0.896. The maximum atomic E-state index is 5.89. The molecule has 0 saturated carbocycles. The molecule has 0 aliphatic heterocycles. The van der Waals surface area contributed by atoms with Crippen LogP contribution in [0, 0.1) is 6.92 Å². The first-order chi connectivity index (χ1) is 9.24. The van der Waals surface area contributed by atoms with E-state index < -0.39 is 0 Å². The number of hydrogen-bond acceptors (Lipinski definition) is 3. The fourth-order valence-corrected chi connectivity index (χ4v) is 1.97. The summed E-state index contributed by atoms with van der Waals surface area (Å²) in [6.07, 6.45) is 4.23. The molecule has 4 heteroatoms. The van der Waals surface area contributed by atoms with Gasteiger partial charge in [0, 0.05) is 24.7 Å². The summed E-state index contributed by atoms with van der Waals surface area (Å²) in [5, 5.41) is 0.741. The highest BCUT2D eigenvalue weighted by Crippen LogP contribution is 2.21. The SMILES string of the molecule is Cc1cc(Cl)ccc1OCCCOCCCCCN. The van der Waals surface area contributed by atoms with Crippen molar-refractivity contribution < 1.29 is 9.47 Å². The van der Waals surface area contributed by atoms with E-state index in [2.05, 4.69) is 0 Å². The van der Waals surface area contributed by atoms with E-state index >= 15 is 0 Å². The van der Waals surface area contributed by atoms with Crippen LogP contribution in [-0.2, 0) is 4.74 Å². The van der Waals surface area contributed by atoms with Gasteiger partial charge >= 0.3 is 0 Å². The minimum atomic E-state index is 0.672. The lowest BCUT2D eigenvalue weighted by Crippen LogP contribution is -2.05. The van der Waals surface area contributed by atoms with Crippen molar-refractivity contribution in [3.8, 4) is 5.75 Å². The van der Waals surface area contributed by atoms with Gasteiger partial charge in [-0.15, -0.1) is 0 Å². The van der Waals surface area contributed by atoms with Crippen molar-refractivity contribution in [1.82, 2.24) is 0 Å². The predicted octanol–water partition coefficient (Wildman–Crippen LogP) is 3.56. The summed E-state index contributed by atoms with van der Waals surface area (Å²) in [6, 6.07) is 5.66. The van der Waals surface area contributed by atoms with E-state index in [0.717, 1.165) is 61.8 Å². The second kappa shape index (κ2) is 10.1. The molecule has 19 heavy (non-hydrogen) atoms. The van der Waals surface area contributed by atoms with Gasteiger partial charge in [-0.3, -0.25) is 0 Å². The first-order valence-electron chi connectivity index (χ1n) is 6.91. The fourth-order valence-electron chi connectivity index (χ4n) is 1.75. The van der Waals surface area contributed by atoms with Crippen molar-refractivity contribution in [1.29, 1.82) is 0 Å². The number of rotatable bonds is 10. The number of hydrogen-bond donors (Lipinski definition) is 1. The van der Waals surface area contributed by atoms with E-state index in [4.69, 9.17) is 26.8 Å². The molecule has 1 rings (SSSR count). The Balaban J connectivity index is 2.01. The van der Waals surface area contributed by atoms with Gasteiger partial charge in [0.2, 0.25) is 0 Å². The highest BCUT2D eigenvalue weighted by molar-refractivity contribution is 6.30. The van der Waals surface area contributed by atoms with Crippen LogP contribution < -0.4 is 10.5 Å². The lowest BCUT2D eigenvalue weighted by Gasteiger charge is -2.09. The third kappa shape index (κ3) is 7.41. The molecule has 0 amide bonds. The Bertz CT molecular complexity index is 358. The van der Waals surface area contributed by atoms with E-state index in [0.29, 0.717) is 6.61 Å². The third-order valence-electron chi connectivity index (χ3n) is 2.82. The van der Waals surface area contributed by atoms with Gasteiger partial charge in [-0.05, 0) is 56.5 Å². The van der Waals surface area contributed by atoms with Crippen molar-refractivity contribution in [3.05, 3.63) is 28.8 Å². The summed E-state index contributed by atoms with van der Waals surface area (Å²) in [4.78, 5) is 0. The molecule has 0 aliphatic rings. The molecule has 2 N–H and O–H groups in total. The molecule has 0 bridgehead atoms. The van der Waals surface area contributed by atoms with E-state index in [-0.39, 0.29) is 0 Å². The molecule has 0 aromatic heterocycles. The number of ether oxygens (including phenoxy) is 2. The Kier molecular flexibility index (Phi) is 8.63. The molecule has 108 valence electrons. The molecule has 0 unspecified atom stereocenters. The van der Waals surface area contributed by atoms with E-state index in [1.165, 1.54) is 0 Å². The molecule has 0 aliphatic carbocycles. The molecule has 0 atom stereocenters. The maximum absolute atomic E-state index is 5.89.